The Morgan fingerprint density at radius 3 is 2.84 bits per heavy atom. The number of aromatic nitrogens is 2. The molecule has 2 amide bonds. The molecule has 2 aromatic rings. The molecule has 0 saturated heterocycles. The van der Waals surface area contributed by atoms with Crippen LogP contribution in [-0.4, -0.2) is 34.1 Å². The molecule has 1 heterocycles. The topological polar surface area (TPSA) is 79.2 Å². The Kier molecular flexibility index (Phi) is 6.94. The van der Waals surface area contributed by atoms with Crippen LogP contribution in [0, 0.1) is 18.7 Å². The van der Waals surface area contributed by atoms with Crippen LogP contribution in [0.25, 0.3) is 5.69 Å². The van der Waals surface area contributed by atoms with Crippen LogP contribution in [0.1, 0.15) is 31.9 Å². The molecule has 1 unspecified atom stereocenters. The lowest BCUT2D eigenvalue weighted by atomic mass is 10.0. The lowest BCUT2D eigenvalue weighted by Gasteiger charge is -2.15. The number of carbonyl (C=O) groups is 1. The zero-order chi connectivity index (χ0) is 18.2. The van der Waals surface area contributed by atoms with E-state index in [4.69, 9.17) is 5.11 Å². The van der Waals surface area contributed by atoms with Gasteiger partial charge in [-0.15, -0.1) is 5.10 Å². The predicted molar refractivity (Wildman–Crippen MR) is 95.4 cm³/mol. The summed E-state index contributed by atoms with van der Waals surface area (Å²) in [4.78, 5) is 12.0. The normalized spacial score (nSPS) is 12.0. The van der Waals surface area contributed by atoms with E-state index in [1.165, 1.54) is 12.1 Å². The molecule has 6 nitrogen and oxygen atoms in total. The van der Waals surface area contributed by atoms with Crippen LogP contribution >= 0.6 is 0 Å². The fourth-order valence-electron chi connectivity index (χ4n) is 2.74. The summed E-state index contributed by atoms with van der Waals surface area (Å²) in [5.41, 5.74) is 1.38. The Morgan fingerprint density at radius 1 is 1.36 bits per heavy atom. The number of nitrogens with one attached hydrogen (secondary N) is 2. The van der Waals surface area contributed by atoms with Gasteiger partial charge in [0.05, 0.1) is 5.69 Å². The minimum atomic E-state index is -0.345. The number of carbonyl (C=O) groups excluding carboxylic acids is 1. The van der Waals surface area contributed by atoms with Gasteiger partial charge in [-0.2, -0.15) is 0 Å². The summed E-state index contributed by atoms with van der Waals surface area (Å²) in [6.07, 6.45) is 2.63. The molecule has 1 atom stereocenters. The van der Waals surface area contributed by atoms with Crippen LogP contribution in [0.15, 0.2) is 30.3 Å². The Hall–Kier alpha value is -2.41. The lowest BCUT2D eigenvalue weighted by molar-refractivity contribution is 0.236. The van der Waals surface area contributed by atoms with Crippen LogP contribution in [0.2, 0.25) is 0 Å². The van der Waals surface area contributed by atoms with Crippen molar-refractivity contribution in [3.8, 4) is 5.69 Å². The molecular formula is C18H25FN4O2. The summed E-state index contributed by atoms with van der Waals surface area (Å²) in [7, 11) is 0. The summed E-state index contributed by atoms with van der Waals surface area (Å²) in [5.74, 6) is 0.311. The third-order valence-corrected chi connectivity index (χ3v) is 3.97. The van der Waals surface area contributed by atoms with E-state index < -0.39 is 0 Å². The first-order chi connectivity index (χ1) is 12.0. The lowest BCUT2D eigenvalue weighted by Crippen LogP contribution is -2.33. The molecule has 2 rings (SSSR count). The van der Waals surface area contributed by atoms with Crippen LogP contribution < -0.4 is 10.6 Å². The van der Waals surface area contributed by atoms with E-state index in [1.807, 2.05) is 6.92 Å². The van der Waals surface area contributed by atoms with E-state index in [2.05, 4.69) is 22.7 Å². The van der Waals surface area contributed by atoms with E-state index in [0.29, 0.717) is 24.5 Å². The number of benzene rings is 1. The summed E-state index contributed by atoms with van der Waals surface area (Å²) >= 11 is 0. The van der Waals surface area contributed by atoms with Gasteiger partial charge < -0.3 is 10.4 Å². The van der Waals surface area contributed by atoms with Crippen LogP contribution in [0.3, 0.4) is 0 Å². The van der Waals surface area contributed by atoms with Crippen molar-refractivity contribution in [3.63, 3.8) is 0 Å². The summed E-state index contributed by atoms with van der Waals surface area (Å²) in [6.45, 7) is 4.53. The number of nitrogens with zero attached hydrogens (tertiary/aromatic N) is 2. The Morgan fingerprint density at radius 2 is 2.16 bits per heavy atom. The maximum absolute atomic E-state index is 13.4. The van der Waals surface area contributed by atoms with Crippen molar-refractivity contribution in [1.29, 1.82) is 0 Å². The Bertz CT molecular complexity index is 696. The highest BCUT2D eigenvalue weighted by atomic mass is 19.1. The summed E-state index contributed by atoms with van der Waals surface area (Å²) < 4.78 is 14.9. The first-order valence-corrected chi connectivity index (χ1v) is 8.51. The molecule has 0 aliphatic heterocycles. The molecule has 25 heavy (non-hydrogen) atoms. The smallest absolute Gasteiger partial charge is 0.320 e. The SMILES string of the molecule is CCCC(CCO)CNC(=O)Nc1cc(C)n(-c2cccc(F)c2)n1. The van der Waals surface area contributed by atoms with Crippen LogP contribution in [0.5, 0.6) is 0 Å². The molecule has 1 aromatic carbocycles. The summed E-state index contributed by atoms with van der Waals surface area (Å²) in [5, 5.41) is 18.9. The maximum Gasteiger partial charge on any atom is 0.320 e. The highest BCUT2D eigenvalue weighted by Gasteiger charge is 2.12. The Balaban J connectivity index is 1.96. The molecular weight excluding hydrogens is 323 g/mol. The second kappa shape index (κ2) is 9.17. The molecule has 3 N–H and O–H groups in total. The third kappa shape index (κ3) is 5.56. The molecule has 0 aliphatic carbocycles. The highest BCUT2D eigenvalue weighted by molar-refractivity contribution is 5.88. The number of hydrogen-bond acceptors (Lipinski definition) is 3. The van der Waals surface area contributed by atoms with E-state index in [1.54, 1.807) is 22.9 Å². The number of aryl methyl sites for hydroxylation is 1. The fourth-order valence-corrected chi connectivity index (χ4v) is 2.74. The predicted octanol–water partition coefficient (Wildman–Crippen LogP) is 3.24. The first kappa shape index (κ1) is 18.9. The van der Waals surface area contributed by atoms with E-state index in [0.717, 1.165) is 18.5 Å². The first-order valence-electron chi connectivity index (χ1n) is 8.51. The van der Waals surface area contributed by atoms with Crippen molar-refractivity contribution in [2.75, 3.05) is 18.5 Å². The van der Waals surface area contributed by atoms with Gasteiger partial charge in [0.15, 0.2) is 5.82 Å². The van der Waals surface area contributed by atoms with Crippen molar-refractivity contribution in [1.82, 2.24) is 15.1 Å². The second-order valence-electron chi connectivity index (χ2n) is 6.06. The highest BCUT2D eigenvalue weighted by Crippen LogP contribution is 2.16. The molecule has 0 bridgehead atoms. The van der Waals surface area contributed by atoms with Gasteiger partial charge >= 0.3 is 6.03 Å². The van der Waals surface area contributed by atoms with Crippen molar-refractivity contribution >= 4 is 11.8 Å². The average Bonchev–Trinajstić information content (AvgIpc) is 2.93. The minimum Gasteiger partial charge on any atom is -0.396 e. The monoisotopic (exact) mass is 348 g/mol. The van der Waals surface area contributed by atoms with Gasteiger partial charge in [0.25, 0.3) is 0 Å². The molecule has 136 valence electrons. The minimum absolute atomic E-state index is 0.116. The molecule has 1 aromatic heterocycles. The van der Waals surface area contributed by atoms with Gasteiger partial charge in [-0.3, -0.25) is 5.32 Å². The van der Waals surface area contributed by atoms with Gasteiger partial charge in [0, 0.05) is 24.9 Å². The van der Waals surface area contributed by atoms with Gasteiger partial charge in [-0.25, -0.2) is 13.9 Å². The maximum atomic E-state index is 13.4. The zero-order valence-corrected chi connectivity index (χ0v) is 14.6. The quantitative estimate of drug-likeness (QED) is 0.685. The molecule has 0 spiro atoms. The number of halogens is 1. The average molecular weight is 348 g/mol. The van der Waals surface area contributed by atoms with Gasteiger partial charge in [0.2, 0.25) is 0 Å². The van der Waals surface area contributed by atoms with Gasteiger partial charge in [-0.1, -0.05) is 19.4 Å². The third-order valence-electron chi connectivity index (χ3n) is 3.97. The largest absolute Gasteiger partial charge is 0.396 e. The van der Waals surface area contributed by atoms with Crippen LogP contribution in [-0.2, 0) is 0 Å². The molecule has 0 radical (unpaired) electrons. The van der Waals surface area contributed by atoms with Crippen LogP contribution in [0.4, 0.5) is 15.0 Å². The van der Waals surface area contributed by atoms with E-state index in [-0.39, 0.29) is 24.4 Å². The molecule has 0 aliphatic rings. The number of hydrogen-bond donors (Lipinski definition) is 3. The van der Waals surface area contributed by atoms with Crippen molar-refractivity contribution in [2.24, 2.45) is 5.92 Å². The van der Waals surface area contributed by atoms with Crippen molar-refractivity contribution in [3.05, 3.63) is 41.8 Å². The molecule has 7 heteroatoms. The Labute approximate surface area is 147 Å². The van der Waals surface area contributed by atoms with Crippen molar-refractivity contribution < 1.29 is 14.3 Å². The number of urea groups is 1. The summed E-state index contributed by atoms with van der Waals surface area (Å²) in [6, 6.07) is 7.49. The second-order valence-corrected chi connectivity index (χ2v) is 6.06. The number of anilines is 1. The molecule has 0 saturated carbocycles. The number of amides is 2. The molecule has 0 fully saturated rings. The van der Waals surface area contributed by atoms with E-state index in [9.17, 15) is 9.18 Å². The number of aliphatic hydroxyl groups is 1. The number of rotatable bonds is 8. The van der Waals surface area contributed by atoms with E-state index >= 15 is 0 Å². The van der Waals surface area contributed by atoms with Gasteiger partial charge in [-0.05, 0) is 43.9 Å². The fraction of sp³-hybridized carbons (Fsp3) is 0.444. The van der Waals surface area contributed by atoms with Crippen molar-refractivity contribution in [2.45, 2.75) is 33.1 Å². The number of aliphatic hydroxyl groups excluding tert-OH is 1. The standard InChI is InChI=1S/C18H25FN4O2/c1-3-5-14(8-9-24)12-20-18(25)21-17-10-13(2)23(22-17)16-7-4-6-15(19)11-16/h4,6-7,10-11,14,24H,3,5,8-9,12H2,1-2H3,(H2,20,21,22,25). The zero-order valence-electron chi connectivity index (χ0n) is 14.6. The van der Waals surface area contributed by atoms with Gasteiger partial charge in [0.1, 0.15) is 5.82 Å².